The van der Waals surface area contributed by atoms with Crippen molar-refractivity contribution in [2.45, 2.75) is 20.3 Å². The van der Waals surface area contributed by atoms with E-state index in [1.807, 2.05) is 0 Å². The Morgan fingerprint density at radius 1 is 1.70 bits per heavy atom. The first-order valence-corrected chi connectivity index (χ1v) is 5.19. The van der Waals surface area contributed by atoms with Crippen LogP contribution in [0.4, 0.5) is 0 Å². The minimum Gasteiger partial charge on any atom is -0.0812 e. The highest BCUT2D eigenvalue weighted by Crippen LogP contribution is 2.23. The van der Waals surface area contributed by atoms with Crippen LogP contribution in [0.1, 0.15) is 20.3 Å². The van der Waals surface area contributed by atoms with Crippen molar-refractivity contribution in [3.8, 4) is 0 Å². The molecule has 0 aliphatic heterocycles. The molecular weight excluding hydrogens is 235 g/mol. The molecule has 0 nitrogen and oxygen atoms in total. The molecular formula is C9H13I. The molecule has 1 rings (SSSR count). The molecule has 0 aromatic carbocycles. The van der Waals surface area contributed by atoms with Crippen LogP contribution in [-0.4, -0.2) is 4.43 Å². The minimum absolute atomic E-state index is 0.770. The Bertz CT molecular complexity index is 177. The Kier molecular flexibility index (Phi) is 2.96. The van der Waals surface area contributed by atoms with E-state index in [1.165, 1.54) is 17.6 Å². The predicted molar refractivity (Wildman–Crippen MR) is 54.5 cm³/mol. The van der Waals surface area contributed by atoms with Crippen molar-refractivity contribution in [1.29, 1.82) is 0 Å². The van der Waals surface area contributed by atoms with Gasteiger partial charge < -0.3 is 0 Å². The molecule has 1 aliphatic carbocycles. The number of hydrogen-bond donors (Lipinski definition) is 0. The van der Waals surface area contributed by atoms with Crippen LogP contribution in [-0.2, 0) is 0 Å². The summed E-state index contributed by atoms with van der Waals surface area (Å²) >= 11 is 2.41. The highest BCUT2D eigenvalue weighted by Gasteiger charge is 2.07. The molecule has 0 fully saturated rings. The first kappa shape index (κ1) is 8.31. The van der Waals surface area contributed by atoms with E-state index in [2.05, 4.69) is 48.6 Å². The van der Waals surface area contributed by atoms with E-state index in [-0.39, 0.29) is 0 Å². The summed E-state index contributed by atoms with van der Waals surface area (Å²) in [7, 11) is 0. The molecule has 0 spiro atoms. The van der Waals surface area contributed by atoms with E-state index in [9.17, 15) is 0 Å². The summed E-state index contributed by atoms with van der Waals surface area (Å²) in [6.07, 6.45) is 5.91. The van der Waals surface area contributed by atoms with Crippen molar-refractivity contribution in [1.82, 2.24) is 0 Å². The number of hydrogen-bond acceptors (Lipinski definition) is 0. The molecule has 1 heteroatoms. The highest BCUT2D eigenvalue weighted by atomic mass is 127. The maximum absolute atomic E-state index is 2.41. The van der Waals surface area contributed by atoms with Crippen LogP contribution in [0.3, 0.4) is 0 Å². The van der Waals surface area contributed by atoms with Gasteiger partial charge in [0, 0.05) is 4.43 Å². The summed E-state index contributed by atoms with van der Waals surface area (Å²) in [6, 6.07) is 0. The van der Waals surface area contributed by atoms with E-state index >= 15 is 0 Å². The van der Waals surface area contributed by atoms with Gasteiger partial charge in [0.2, 0.25) is 0 Å². The van der Waals surface area contributed by atoms with Crippen LogP contribution in [0.15, 0.2) is 23.3 Å². The van der Waals surface area contributed by atoms with Crippen LogP contribution in [0.2, 0.25) is 0 Å². The van der Waals surface area contributed by atoms with E-state index < -0.39 is 0 Å². The van der Waals surface area contributed by atoms with Gasteiger partial charge in [0.15, 0.2) is 0 Å². The lowest BCUT2D eigenvalue weighted by atomic mass is 9.92. The number of allylic oxidation sites excluding steroid dienone is 4. The Labute approximate surface area is 76.5 Å². The molecule has 1 unspecified atom stereocenters. The number of alkyl halides is 1. The van der Waals surface area contributed by atoms with Crippen molar-refractivity contribution < 1.29 is 0 Å². The highest BCUT2D eigenvalue weighted by molar-refractivity contribution is 14.1. The van der Waals surface area contributed by atoms with Gasteiger partial charge in [0.1, 0.15) is 0 Å². The fourth-order valence-electron chi connectivity index (χ4n) is 1.10. The fraction of sp³-hybridized carbons (Fsp3) is 0.556. The average molecular weight is 248 g/mol. The maximum atomic E-state index is 2.41. The monoisotopic (exact) mass is 248 g/mol. The number of rotatable bonds is 1. The van der Waals surface area contributed by atoms with Gasteiger partial charge in [-0.25, -0.2) is 0 Å². The zero-order valence-electron chi connectivity index (χ0n) is 6.52. The lowest BCUT2D eigenvalue weighted by molar-refractivity contribution is 0.682. The van der Waals surface area contributed by atoms with Gasteiger partial charge in [-0.3, -0.25) is 0 Å². The minimum atomic E-state index is 0.770. The summed E-state index contributed by atoms with van der Waals surface area (Å²) in [5, 5.41) is 0. The van der Waals surface area contributed by atoms with Gasteiger partial charge in [0.05, 0.1) is 0 Å². The molecule has 1 aliphatic rings. The quantitative estimate of drug-likeness (QED) is 0.493. The summed E-state index contributed by atoms with van der Waals surface area (Å²) in [4.78, 5) is 0. The fourth-order valence-corrected chi connectivity index (χ4v) is 1.63. The largest absolute Gasteiger partial charge is 0.0812 e. The van der Waals surface area contributed by atoms with Gasteiger partial charge >= 0.3 is 0 Å². The second-order valence-electron chi connectivity index (χ2n) is 2.94. The van der Waals surface area contributed by atoms with Crippen molar-refractivity contribution in [2.24, 2.45) is 5.92 Å². The molecule has 56 valence electrons. The lowest BCUT2D eigenvalue weighted by Gasteiger charge is -2.15. The first-order chi connectivity index (χ1) is 4.74. The van der Waals surface area contributed by atoms with Crippen molar-refractivity contribution in [2.75, 3.05) is 4.43 Å². The first-order valence-electron chi connectivity index (χ1n) is 3.67. The molecule has 0 bridgehead atoms. The molecule has 0 heterocycles. The Hall–Kier alpha value is 0.210. The third-order valence-electron chi connectivity index (χ3n) is 2.08. The van der Waals surface area contributed by atoms with E-state index in [0.717, 1.165) is 10.3 Å². The lowest BCUT2D eigenvalue weighted by Crippen LogP contribution is -2.01. The zero-order valence-corrected chi connectivity index (χ0v) is 8.68. The Balaban J connectivity index is 2.69. The van der Waals surface area contributed by atoms with Crippen LogP contribution in [0, 0.1) is 5.92 Å². The molecule has 1 atom stereocenters. The SMILES string of the molecule is CC1=CC(CI)=CCC1C. The van der Waals surface area contributed by atoms with E-state index in [0.29, 0.717) is 0 Å². The van der Waals surface area contributed by atoms with Gasteiger partial charge in [-0.15, -0.1) is 0 Å². The molecule has 0 saturated carbocycles. The molecule has 0 N–H and O–H groups in total. The van der Waals surface area contributed by atoms with Crippen molar-refractivity contribution in [3.05, 3.63) is 23.3 Å². The second-order valence-corrected chi connectivity index (χ2v) is 3.70. The molecule has 0 saturated heterocycles. The van der Waals surface area contributed by atoms with Crippen LogP contribution >= 0.6 is 22.6 Å². The maximum Gasteiger partial charge on any atom is 0.0243 e. The Morgan fingerprint density at radius 2 is 2.40 bits per heavy atom. The normalized spacial score (nSPS) is 25.7. The molecule has 0 radical (unpaired) electrons. The standard InChI is InChI=1S/C9H13I/c1-7-3-4-9(6-10)5-8(7)2/h4-5,7H,3,6H2,1-2H3. The van der Waals surface area contributed by atoms with Gasteiger partial charge in [0.25, 0.3) is 0 Å². The van der Waals surface area contributed by atoms with Crippen molar-refractivity contribution >= 4 is 22.6 Å². The van der Waals surface area contributed by atoms with Gasteiger partial charge in [-0.1, -0.05) is 47.2 Å². The van der Waals surface area contributed by atoms with Crippen molar-refractivity contribution in [3.63, 3.8) is 0 Å². The summed E-state index contributed by atoms with van der Waals surface area (Å²) in [5.74, 6) is 0.770. The zero-order chi connectivity index (χ0) is 7.56. The third-order valence-corrected chi connectivity index (χ3v) is 2.96. The Morgan fingerprint density at radius 3 is 2.90 bits per heavy atom. The van der Waals surface area contributed by atoms with Crippen LogP contribution in [0.5, 0.6) is 0 Å². The topological polar surface area (TPSA) is 0 Å². The van der Waals surface area contributed by atoms with Gasteiger partial charge in [-0.05, 0) is 24.8 Å². The molecule has 10 heavy (non-hydrogen) atoms. The molecule has 0 aromatic heterocycles. The average Bonchev–Trinajstić information content (AvgIpc) is 1.95. The van der Waals surface area contributed by atoms with Gasteiger partial charge in [-0.2, -0.15) is 0 Å². The summed E-state index contributed by atoms with van der Waals surface area (Å²) < 4.78 is 1.15. The molecule has 0 aromatic rings. The summed E-state index contributed by atoms with van der Waals surface area (Å²) in [5.41, 5.74) is 3.03. The van der Waals surface area contributed by atoms with Crippen LogP contribution < -0.4 is 0 Å². The second kappa shape index (κ2) is 3.56. The van der Waals surface area contributed by atoms with Crippen LogP contribution in [0.25, 0.3) is 0 Å². The van der Waals surface area contributed by atoms with E-state index in [4.69, 9.17) is 0 Å². The third kappa shape index (κ3) is 1.84. The van der Waals surface area contributed by atoms with E-state index in [1.54, 1.807) is 0 Å². The number of halogens is 1. The smallest absolute Gasteiger partial charge is 0.0243 e. The predicted octanol–water partition coefficient (Wildman–Crippen LogP) is 3.33. The molecule has 0 amide bonds. The summed E-state index contributed by atoms with van der Waals surface area (Å²) in [6.45, 7) is 4.51.